The van der Waals surface area contributed by atoms with Crippen molar-refractivity contribution in [2.24, 2.45) is 5.10 Å². The van der Waals surface area contributed by atoms with E-state index in [0.29, 0.717) is 5.76 Å². The van der Waals surface area contributed by atoms with Crippen LogP contribution in [0, 0.1) is 0 Å². The third-order valence-electron chi connectivity index (χ3n) is 4.64. The van der Waals surface area contributed by atoms with Gasteiger partial charge in [-0.2, -0.15) is 5.10 Å². The Kier molecular flexibility index (Phi) is 6.14. The number of aromatic hydroxyl groups is 1. The lowest BCUT2D eigenvalue weighted by molar-refractivity contribution is 0.410. The topological polar surface area (TPSA) is 96.1 Å². The fourth-order valence-corrected chi connectivity index (χ4v) is 3.38. The number of hydrazone groups is 1. The van der Waals surface area contributed by atoms with Crippen LogP contribution >= 0.6 is 12.2 Å². The van der Waals surface area contributed by atoms with E-state index in [2.05, 4.69) is 15.8 Å². The molecule has 0 atom stereocenters. The molecule has 0 bridgehead atoms. The fourth-order valence-electron chi connectivity index (χ4n) is 3.21. The number of anilines is 1. The molecule has 0 amide bonds. The smallest absolute Gasteiger partial charge is 0.197 e. The lowest BCUT2D eigenvalue weighted by atomic mass is 10.1. The monoisotopic (exact) mass is 445 g/mol. The van der Waals surface area contributed by atoms with Crippen molar-refractivity contribution < 1.29 is 14.3 Å². The number of thiocarbonyl (C=S) groups is 1. The van der Waals surface area contributed by atoms with E-state index < -0.39 is 0 Å². The predicted molar refractivity (Wildman–Crippen MR) is 130 cm³/mol. The molecule has 4 aromatic rings. The van der Waals surface area contributed by atoms with E-state index >= 15 is 0 Å². The summed E-state index contributed by atoms with van der Waals surface area (Å²) in [6, 6.07) is 21.4. The van der Waals surface area contributed by atoms with Gasteiger partial charge in [-0.3, -0.25) is 10.2 Å². The van der Waals surface area contributed by atoms with Crippen LogP contribution in [0.4, 0.5) is 5.69 Å². The number of phenolic OH excluding ortho intramolecular Hbond substituents is 1. The first-order chi connectivity index (χ1) is 15.6. The van der Waals surface area contributed by atoms with Crippen LogP contribution in [0.3, 0.4) is 0 Å². The summed E-state index contributed by atoms with van der Waals surface area (Å²) in [6.45, 7) is 0. The maximum Gasteiger partial charge on any atom is 0.197 e. The number of phenols is 1. The number of methoxy groups -OCH3 is 1. The third-order valence-corrected chi connectivity index (χ3v) is 4.84. The van der Waals surface area contributed by atoms with Gasteiger partial charge in [-0.1, -0.05) is 48.5 Å². The summed E-state index contributed by atoms with van der Waals surface area (Å²) >= 11 is 5.21. The molecule has 7 nitrogen and oxygen atoms in total. The molecular weight excluding hydrogens is 426 g/mol. The number of para-hydroxylation sites is 1. The predicted octanol–water partition coefficient (Wildman–Crippen LogP) is 4.49. The Hall–Kier alpha value is -4.17. The number of hydrogen-bond donors (Lipinski definition) is 3. The summed E-state index contributed by atoms with van der Waals surface area (Å²) in [5.41, 5.74) is 4.35. The van der Waals surface area contributed by atoms with Crippen molar-refractivity contribution in [3.05, 3.63) is 88.6 Å². The first kappa shape index (κ1) is 21.1. The normalized spacial score (nSPS) is 10.9. The van der Waals surface area contributed by atoms with Crippen molar-refractivity contribution in [1.82, 2.24) is 5.43 Å². The van der Waals surface area contributed by atoms with Gasteiger partial charge in [0, 0.05) is 23.4 Å². The highest BCUT2D eigenvalue weighted by atomic mass is 32.1. The average molecular weight is 446 g/mol. The van der Waals surface area contributed by atoms with E-state index in [4.69, 9.17) is 21.4 Å². The largest absolute Gasteiger partial charge is 0.507 e. The molecule has 1 heterocycles. The first-order valence-corrected chi connectivity index (χ1v) is 10.1. The van der Waals surface area contributed by atoms with E-state index in [1.807, 2.05) is 60.7 Å². The van der Waals surface area contributed by atoms with Crippen LogP contribution in [-0.2, 0) is 0 Å². The maximum absolute atomic E-state index is 12.9. The molecule has 0 spiro atoms. The molecule has 0 aliphatic rings. The molecule has 3 aromatic carbocycles. The summed E-state index contributed by atoms with van der Waals surface area (Å²) < 4.78 is 11.3. The molecule has 160 valence electrons. The molecule has 1 aromatic heterocycles. The van der Waals surface area contributed by atoms with Gasteiger partial charge in [-0.05, 0) is 24.4 Å². The Labute approximate surface area is 189 Å². The van der Waals surface area contributed by atoms with E-state index in [1.54, 1.807) is 0 Å². The fraction of sp³-hybridized carbons (Fsp3) is 0.0417. The Morgan fingerprint density at radius 3 is 2.47 bits per heavy atom. The number of nitrogens with zero attached hydrogens (tertiary/aromatic N) is 1. The molecule has 0 aliphatic heterocycles. The van der Waals surface area contributed by atoms with Gasteiger partial charge >= 0.3 is 0 Å². The lowest BCUT2D eigenvalue weighted by Gasteiger charge is -2.11. The van der Waals surface area contributed by atoms with E-state index in [-0.39, 0.29) is 38.6 Å². The van der Waals surface area contributed by atoms with Gasteiger partial charge in [0.2, 0.25) is 0 Å². The number of ether oxygens (including phenoxy) is 1. The summed E-state index contributed by atoms with van der Waals surface area (Å²) in [6.07, 6.45) is 1.33. The highest BCUT2D eigenvalue weighted by Crippen LogP contribution is 2.35. The molecule has 0 saturated carbocycles. The maximum atomic E-state index is 12.9. The molecule has 0 radical (unpaired) electrons. The SMILES string of the molecule is COc1c(/C=N/NC(=S)Nc2ccccc2)c(O)cc2oc(-c3ccccc3)cc(=O)c12. The molecule has 32 heavy (non-hydrogen) atoms. The first-order valence-electron chi connectivity index (χ1n) is 9.65. The van der Waals surface area contributed by atoms with Gasteiger partial charge in [-0.25, -0.2) is 0 Å². The van der Waals surface area contributed by atoms with Gasteiger partial charge in [0.25, 0.3) is 0 Å². The van der Waals surface area contributed by atoms with Crippen LogP contribution in [-0.4, -0.2) is 23.5 Å². The Bertz CT molecular complexity index is 1350. The molecule has 0 unspecified atom stereocenters. The van der Waals surface area contributed by atoms with Crippen LogP contribution in [0.1, 0.15) is 5.56 Å². The van der Waals surface area contributed by atoms with Gasteiger partial charge in [0.1, 0.15) is 28.2 Å². The second-order valence-corrected chi connectivity index (χ2v) is 7.16. The van der Waals surface area contributed by atoms with Crippen LogP contribution in [0.2, 0.25) is 0 Å². The molecule has 0 aliphatic carbocycles. The zero-order chi connectivity index (χ0) is 22.5. The van der Waals surface area contributed by atoms with Crippen LogP contribution in [0.25, 0.3) is 22.3 Å². The van der Waals surface area contributed by atoms with Gasteiger partial charge in [0.15, 0.2) is 10.5 Å². The minimum Gasteiger partial charge on any atom is -0.507 e. The van der Waals surface area contributed by atoms with Gasteiger partial charge in [-0.15, -0.1) is 0 Å². The van der Waals surface area contributed by atoms with Crippen LogP contribution in [0.5, 0.6) is 11.5 Å². The number of nitrogens with one attached hydrogen (secondary N) is 2. The second-order valence-electron chi connectivity index (χ2n) is 6.75. The molecule has 0 fully saturated rings. The van der Waals surface area contributed by atoms with Crippen molar-refractivity contribution in [1.29, 1.82) is 0 Å². The quantitative estimate of drug-likeness (QED) is 0.237. The summed E-state index contributed by atoms with van der Waals surface area (Å²) in [4.78, 5) is 12.9. The number of hydrogen-bond acceptors (Lipinski definition) is 6. The van der Waals surface area contributed by atoms with E-state index in [0.717, 1.165) is 11.3 Å². The summed E-state index contributed by atoms with van der Waals surface area (Å²) in [5, 5.41) is 18.1. The van der Waals surface area contributed by atoms with E-state index in [1.165, 1.54) is 25.5 Å². The van der Waals surface area contributed by atoms with Crippen molar-refractivity contribution in [2.45, 2.75) is 0 Å². The van der Waals surface area contributed by atoms with Crippen LogP contribution in [0.15, 0.2) is 87.1 Å². The van der Waals surface area contributed by atoms with Crippen LogP contribution < -0.4 is 20.9 Å². The number of rotatable bonds is 5. The standard InChI is InChI=1S/C24H19N3O4S/c1-30-23-17(14-25-27-24(32)26-16-10-6-3-7-11-16)18(28)12-21-22(23)19(29)13-20(31-21)15-8-4-2-5-9-15/h2-14,28H,1H3,(H2,26,27,32)/b25-14+. The molecule has 4 rings (SSSR count). The zero-order valence-electron chi connectivity index (χ0n) is 17.0. The average Bonchev–Trinajstić information content (AvgIpc) is 2.80. The molecule has 0 saturated heterocycles. The van der Waals surface area contributed by atoms with Crippen molar-refractivity contribution >= 4 is 40.2 Å². The lowest BCUT2D eigenvalue weighted by Crippen LogP contribution is -2.23. The Morgan fingerprint density at radius 1 is 1.09 bits per heavy atom. The summed E-state index contributed by atoms with van der Waals surface area (Å²) in [7, 11) is 1.41. The minimum atomic E-state index is -0.300. The minimum absolute atomic E-state index is 0.154. The van der Waals surface area contributed by atoms with Crippen molar-refractivity contribution in [2.75, 3.05) is 12.4 Å². The van der Waals surface area contributed by atoms with Crippen molar-refractivity contribution in [3.63, 3.8) is 0 Å². The third kappa shape index (κ3) is 4.45. The number of fused-ring (bicyclic) bond motifs is 1. The molecule has 8 heteroatoms. The highest BCUT2D eigenvalue weighted by Gasteiger charge is 2.18. The van der Waals surface area contributed by atoms with Gasteiger partial charge in [0.05, 0.1) is 18.9 Å². The second kappa shape index (κ2) is 9.32. The van der Waals surface area contributed by atoms with Crippen molar-refractivity contribution in [3.8, 4) is 22.8 Å². The Morgan fingerprint density at radius 2 is 1.78 bits per heavy atom. The molecule has 3 N–H and O–H groups in total. The highest BCUT2D eigenvalue weighted by molar-refractivity contribution is 7.80. The molecular formula is C24H19N3O4S. The Balaban J connectivity index is 1.65. The summed E-state index contributed by atoms with van der Waals surface area (Å²) in [5.74, 6) is 0.390. The zero-order valence-corrected chi connectivity index (χ0v) is 17.8. The van der Waals surface area contributed by atoms with E-state index in [9.17, 15) is 9.90 Å². The van der Waals surface area contributed by atoms with Gasteiger partial charge < -0.3 is 19.6 Å². The number of benzene rings is 3.